The van der Waals surface area contributed by atoms with Crippen molar-refractivity contribution in [3.05, 3.63) is 17.7 Å². The van der Waals surface area contributed by atoms with Crippen LogP contribution < -0.4 is 14.2 Å². The lowest BCUT2D eigenvalue weighted by Gasteiger charge is -2.13. The van der Waals surface area contributed by atoms with Crippen molar-refractivity contribution in [1.82, 2.24) is 0 Å². The third kappa shape index (κ3) is 5.22. The molecule has 0 saturated heterocycles. The monoisotopic (exact) mass is 330 g/mol. The first kappa shape index (κ1) is 18.4. The van der Waals surface area contributed by atoms with Crippen molar-refractivity contribution < 1.29 is 43.3 Å². The van der Waals surface area contributed by atoms with E-state index in [-0.39, 0.29) is 17.1 Å². The van der Waals surface area contributed by atoms with Gasteiger partial charge in [0.25, 0.3) is 0 Å². The molecule has 1 rings (SSSR count). The molecule has 0 fully saturated rings. The number of methoxy groups -OCH3 is 3. The van der Waals surface area contributed by atoms with Crippen LogP contribution in [0.2, 0.25) is 0 Å². The number of carbonyl (C=O) groups is 2. The molecule has 0 aromatic heterocycles. The summed E-state index contributed by atoms with van der Waals surface area (Å²) in [5.41, 5.74) is 0.0281. The first-order valence-corrected chi connectivity index (χ1v) is 6.49. The first-order valence-electron chi connectivity index (χ1n) is 6.49. The Hall–Kier alpha value is -2.68. The Bertz CT molecular complexity index is 528. The van der Waals surface area contributed by atoms with Gasteiger partial charge in [0, 0.05) is 0 Å². The molecule has 23 heavy (non-hydrogen) atoms. The van der Waals surface area contributed by atoms with E-state index in [0.717, 1.165) is 0 Å². The molecule has 0 aliphatic heterocycles. The minimum atomic E-state index is -1.14. The third-order valence-corrected chi connectivity index (χ3v) is 2.44. The molecule has 0 atom stereocenters. The van der Waals surface area contributed by atoms with Gasteiger partial charge in [-0.2, -0.15) is 0 Å². The molecule has 0 bridgehead atoms. The molecule has 0 aliphatic carbocycles. The van der Waals surface area contributed by atoms with Gasteiger partial charge in [-0.05, 0) is 26.0 Å². The molecule has 0 N–H and O–H groups in total. The van der Waals surface area contributed by atoms with Crippen LogP contribution >= 0.6 is 0 Å². The second kappa shape index (κ2) is 8.69. The highest BCUT2D eigenvalue weighted by atomic mass is 17.5. The molecular weight excluding hydrogens is 312 g/mol. The number of ether oxygens (including phenoxy) is 4. The van der Waals surface area contributed by atoms with E-state index in [9.17, 15) is 9.59 Å². The van der Waals surface area contributed by atoms with Crippen molar-refractivity contribution in [3.63, 3.8) is 0 Å². The van der Waals surface area contributed by atoms with E-state index in [2.05, 4.69) is 19.6 Å². The Balaban J connectivity index is 2.74. The van der Waals surface area contributed by atoms with E-state index in [1.165, 1.54) is 33.5 Å². The minimum Gasteiger partial charge on any atom is -0.493 e. The number of benzene rings is 1. The van der Waals surface area contributed by atoms with E-state index in [4.69, 9.17) is 14.2 Å². The van der Waals surface area contributed by atoms with Crippen molar-refractivity contribution in [2.24, 2.45) is 0 Å². The summed E-state index contributed by atoms with van der Waals surface area (Å²) >= 11 is 0. The lowest BCUT2D eigenvalue weighted by molar-refractivity contribution is -0.452. The Morgan fingerprint density at radius 2 is 1.48 bits per heavy atom. The fourth-order valence-corrected chi connectivity index (χ4v) is 1.53. The summed E-state index contributed by atoms with van der Waals surface area (Å²) < 4.78 is 19.9. The summed E-state index contributed by atoms with van der Waals surface area (Å²) in [5.74, 6) is -0.135. The van der Waals surface area contributed by atoms with E-state index < -0.39 is 18.2 Å². The Kier molecular flexibility index (Phi) is 6.94. The second-order valence-corrected chi connectivity index (χ2v) is 4.35. The number of rotatable bonds is 7. The quantitative estimate of drug-likeness (QED) is 0.423. The highest BCUT2D eigenvalue weighted by molar-refractivity contribution is 5.90. The minimum absolute atomic E-state index is 0.0281. The van der Waals surface area contributed by atoms with Gasteiger partial charge in [-0.25, -0.2) is 14.5 Å². The fourth-order valence-electron chi connectivity index (χ4n) is 1.53. The average molecular weight is 330 g/mol. The van der Waals surface area contributed by atoms with Crippen LogP contribution in [0, 0.1) is 0 Å². The van der Waals surface area contributed by atoms with Crippen molar-refractivity contribution in [2.75, 3.05) is 21.3 Å². The van der Waals surface area contributed by atoms with Crippen molar-refractivity contribution in [3.8, 4) is 17.2 Å². The molecule has 9 heteroatoms. The Morgan fingerprint density at radius 1 is 0.913 bits per heavy atom. The van der Waals surface area contributed by atoms with E-state index in [1.807, 2.05) is 0 Å². The zero-order chi connectivity index (χ0) is 17.4. The Morgan fingerprint density at radius 3 is 1.91 bits per heavy atom. The molecule has 0 heterocycles. The van der Waals surface area contributed by atoms with Gasteiger partial charge in [0.15, 0.2) is 11.5 Å². The largest absolute Gasteiger partial charge is 0.543 e. The molecule has 0 aliphatic rings. The van der Waals surface area contributed by atoms with E-state index in [0.29, 0.717) is 5.75 Å². The molecule has 0 radical (unpaired) electrons. The third-order valence-electron chi connectivity index (χ3n) is 2.44. The first-order chi connectivity index (χ1) is 10.9. The van der Waals surface area contributed by atoms with Crippen LogP contribution in [0.1, 0.15) is 24.2 Å². The van der Waals surface area contributed by atoms with Crippen LogP contribution in [0.15, 0.2) is 12.1 Å². The summed E-state index contributed by atoms with van der Waals surface area (Å²) in [6.45, 7) is 3.23. The molecule has 0 spiro atoms. The summed E-state index contributed by atoms with van der Waals surface area (Å²) in [6, 6.07) is 2.69. The molecule has 0 saturated carbocycles. The van der Waals surface area contributed by atoms with Gasteiger partial charge in [-0.3, -0.25) is 4.89 Å². The van der Waals surface area contributed by atoms with Crippen molar-refractivity contribution >= 4 is 12.1 Å². The van der Waals surface area contributed by atoms with Crippen LogP contribution in [-0.2, 0) is 19.6 Å². The van der Waals surface area contributed by atoms with Crippen LogP contribution in [-0.4, -0.2) is 39.6 Å². The summed E-state index contributed by atoms with van der Waals surface area (Å²) in [7, 11) is 4.22. The fraction of sp³-hybridized carbons (Fsp3) is 0.429. The van der Waals surface area contributed by atoms with Crippen LogP contribution in [0.5, 0.6) is 17.2 Å². The maximum atomic E-state index is 11.9. The number of hydrogen-bond acceptors (Lipinski definition) is 9. The molecule has 0 unspecified atom stereocenters. The van der Waals surface area contributed by atoms with Crippen LogP contribution in [0.25, 0.3) is 0 Å². The van der Waals surface area contributed by atoms with Gasteiger partial charge in [0.2, 0.25) is 5.75 Å². The van der Waals surface area contributed by atoms with Gasteiger partial charge >= 0.3 is 12.1 Å². The number of carbonyl (C=O) groups excluding carboxylic acids is 2. The highest BCUT2D eigenvalue weighted by Crippen LogP contribution is 2.38. The summed E-state index contributed by atoms with van der Waals surface area (Å²) in [4.78, 5) is 31.3. The predicted octanol–water partition coefficient (Wildman–Crippen LogP) is 2.28. The van der Waals surface area contributed by atoms with Gasteiger partial charge < -0.3 is 18.9 Å². The zero-order valence-corrected chi connectivity index (χ0v) is 13.4. The molecular formula is C14H18O9. The van der Waals surface area contributed by atoms with Gasteiger partial charge in [0.1, 0.15) is 0 Å². The Labute approximate surface area is 132 Å². The zero-order valence-electron chi connectivity index (χ0n) is 13.4. The molecule has 128 valence electrons. The summed E-state index contributed by atoms with van der Waals surface area (Å²) in [6.07, 6.45) is -1.55. The second-order valence-electron chi connectivity index (χ2n) is 4.35. The number of hydrogen-bond donors (Lipinski definition) is 0. The molecule has 0 amide bonds. The van der Waals surface area contributed by atoms with Crippen molar-refractivity contribution in [1.29, 1.82) is 0 Å². The lowest BCUT2D eigenvalue weighted by Crippen LogP contribution is -2.15. The highest BCUT2D eigenvalue weighted by Gasteiger charge is 2.19. The SMILES string of the molecule is COc1cc(C(=O)OOOC(=O)OC(C)C)cc(OC)c1OC. The average Bonchev–Trinajstić information content (AvgIpc) is 2.52. The molecule has 1 aromatic rings. The maximum absolute atomic E-state index is 11.9. The standard InChI is InChI=1S/C14H18O9/c1-8(2)20-14(16)22-23-21-13(15)9-6-10(17-3)12(19-5)11(7-9)18-4/h6-8H,1-5H3. The van der Waals surface area contributed by atoms with Crippen molar-refractivity contribution in [2.45, 2.75) is 20.0 Å². The summed E-state index contributed by atoms with van der Waals surface area (Å²) in [5, 5.41) is 4.08. The van der Waals surface area contributed by atoms with Gasteiger partial charge in [-0.15, -0.1) is 0 Å². The van der Waals surface area contributed by atoms with E-state index >= 15 is 0 Å². The van der Waals surface area contributed by atoms with E-state index in [1.54, 1.807) is 13.8 Å². The lowest BCUT2D eigenvalue weighted by atomic mass is 10.2. The smallest absolute Gasteiger partial charge is 0.493 e. The van der Waals surface area contributed by atoms with Gasteiger partial charge in [0.05, 0.1) is 38.0 Å². The topological polar surface area (TPSA) is 98.8 Å². The predicted molar refractivity (Wildman–Crippen MR) is 75.3 cm³/mol. The molecule has 9 nitrogen and oxygen atoms in total. The van der Waals surface area contributed by atoms with Gasteiger partial charge in [-0.1, -0.05) is 0 Å². The normalized spacial score (nSPS) is 10.0. The maximum Gasteiger partial charge on any atom is 0.543 e. The van der Waals surface area contributed by atoms with Crippen LogP contribution in [0.3, 0.4) is 0 Å². The van der Waals surface area contributed by atoms with Crippen LogP contribution in [0.4, 0.5) is 4.79 Å². The molecule has 1 aromatic carbocycles.